The molecule has 1 rings (SSSR count). The fraction of sp³-hybridized carbons (Fsp3) is 0.647. The molecule has 0 fully saturated rings. The van der Waals surface area contributed by atoms with Gasteiger partial charge in [-0.1, -0.05) is 57.6 Å². The fourth-order valence-electron chi connectivity index (χ4n) is 2.44. The van der Waals surface area contributed by atoms with E-state index in [1.54, 1.807) is 7.11 Å². The number of hydrogen-bond donors (Lipinski definition) is 1. The Bertz CT molecular complexity index is 321. The lowest BCUT2D eigenvalue weighted by Gasteiger charge is -2.17. The molecule has 0 heterocycles. The largest absolute Gasteiger partial charge is 0.497 e. The molecule has 1 N–H and O–H groups in total. The maximum absolute atomic E-state index is 5.20. The Morgan fingerprint density at radius 3 is 2.21 bits per heavy atom. The van der Waals surface area contributed by atoms with E-state index in [1.807, 2.05) is 19.2 Å². The van der Waals surface area contributed by atoms with Gasteiger partial charge in [0.1, 0.15) is 5.75 Å². The van der Waals surface area contributed by atoms with Crippen LogP contribution in [0.5, 0.6) is 5.75 Å². The summed E-state index contributed by atoms with van der Waals surface area (Å²) in [6.07, 6.45) is 9.36. The van der Waals surface area contributed by atoms with Crippen molar-refractivity contribution < 1.29 is 4.74 Å². The summed E-state index contributed by atoms with van der Waals surface area (Å²) in [6.45, 7) is 2.26. The van der Waals surface area contributed by atoms with Gasteiger partial charge in [-0.25, -0.2) is 0 Å². The lowest BCUT2D eigenvalue weighted by molar-refractivity contribution is 0.414. The summed E-state index contributed by atoms with van der Waals surface area (Å²) < 4.78 is 5.20. The number of unbranched alkanes of at least 4 members (excludes halogenated alkanes) is 5. The van der Waals surface area contributed by atoms with E-state index in [2.05, 4.69) is 24.4 Å². The van der Waals surface area contributed by atoms with Crippen molar-refractivity contribution in [3.8, 4) is 5.75 Å². The number of rotatable bonds is 10. The quantitative estimate of drug-likeness (QED) is 0.617. The van der Waals surface area contributed by atoms with Gasteiger partial charge >= 0.3 is 0 Å². The van der Waals surface area contributed by atoms with Gasteiger partial charge in [0.25, 0.3) is 0 Å². The molecule has 19 heavy (non-hydrogen) atoms. The van der Waals surface area contributed by atoms with E-state index in [0.717, 1.165) is 5.75 Å². The summed E-state index contributed by atoms with van der Waals surface area (Å²) in [4.78, 5) is 0. The van der Waals surface area contributed by atoms with Crippen LogP contribution in [-0.2, 0) is 0 Å². The predicted octanol–water partition coefficient (Wildman–Crippen LogP) is 4.71. The van der Waals surface area contributed by atoms with Gasteiger partial charge in [0.2, 0.25) is 0 Å². The minimum atomic E-state index is 0.470. The van der Waals surface area contributed by atoms with Crippen molar-refractivity contribution >= 4 is 0 Å². The third kappa shape index (κ3) is 6.11. The maximum Gasteiger partial charge on any atom is 0.118 e. The lowest BCUT2D eigenvalue weighted by atomic mass is 9.99. The van der Waals surface area contributed by atoms with Gasteiger partial charge in [-0.2, -0.15) is 0 Å². The maximum atomic E-state index is 5.20. The smallest absolute Gasteiger partial charge is 0.118 e. The first-order valence-corrected chi connectivity index (χ1v) is 7.63. The van der Waals surface area contributed by atoms with Crippen LogP contribution in [0.25, 0.3) is 0 Å². The molecule has 0 saturated carbocycles. The zero-order valence-corrected chi connectivity index (χ0v) is 12.7. The summed E-state index contributed by atoms with van der Waals surface area (Å²) in [5.41, 5.74) is 1.36. The van der Waals surface area contributed by atoms with Gasteiger partial charge in [-0.3, -0.25) is 0 Å². The Balaban J connectivity index is 2.31. The molecular formula is C17H29NO. The summed E-state index contributed by atoms with van der Waals surface area (Å²) in [5, 5.41) is 3.42. The molecule has 1 aromatic carbocycles. The van der Waals surface area contributed by atoms with Crippen LogP contribution in [0.4, 0.5) is 0 Å². The second kappa shape index (κ2) is 9.85. The second-order valence-electron chi connectivity index (χ2n) is 5.17. The van der Waals surface area contributed by atoms with Gasteiger partial charge in [0, 0.05) is 6.04 Å². The molecule has 1 aromatic rings. The van der Waals surface area contributed by atoms with Gasteiger partial charge in [-0.05, 0) is 31.2 Å². The van der Waals surface area contributed by atoms with Gasteiger partial charge < -0.3 is 10.1 Å². The van der Waals surface area contributed by atoms with Crippen molar-refractivity contribution in [1.29, 1.82) is 0 Å². The number of ether oxygens (including phenoxy) is 1. The highest BCUT2D eigenvalue weighted by molar-refractivity contribution is 5.29. The molecule has 0 radical (unpaired) electrons. The first-order chi connectivity index (χ1) is 9.31. The average Bonchev–Trinajstić information content (AvgIpc) is 2.47. The number of benzene rings is 1. The number of methoxy groups -OCH3 is 1. The van der Waals surface area contributed by atoms with Crippen LogP contribution >= 0.6 is 0 Å². The van der Waals surface area contributed by atoms with Crippen LogP contribution in [0.3, 0.4) is 0 Å². The molecular weight excluding hydrogens is 234 g/mol. The van der Waals surface area contributed by atoms with E-state index < -0.39 is 0 Å². The molecule has 0 amide bonds. The van der Waals surface area contributed by atoms with E-state index in [4.69, 9.17) is 4.74 Å². The zero-order valence-electron chi connectivity index (χ0n) is 12.7. The van der Waals surface area contributed by atoms with Crippen LogP contribution < -0.4 is 10.1 Å². The molecule has 0 aromatic heterocycles. The second-order valence-corrected chi connectivity index (χ2v) is 5.17. The van der Waals surface area contributed by atoms with Crippen LogP contribution in [0.15, 0.2) is 24.3 Å². The van der Waals surface area contributed by atoms with E-state index in [9.17, 15) is 0 Å². The highest BCUT2D eigenvalue weighted by Crippen LogP contribution is 2.22. The van der Waals surface area contributed by atoms with E-state index in [0.29, 0.717) is 6.04 Å². The number of hydrogen-bond acceptors (Lipinski definition) is 2. The van der Waals surface area contributed by atoms with Gasteiger partial charge in [-0.15, -0.1) is 0 Å². The normalized spacial score (nSPS) is 12.4. The third-order valence-corrected chi connectivity index (χ3v) is 3.71. The van der Waals surface area contributed by atoms with Crippen LogP contribution in [0.1, 0.15) is 63.5 Å². The topological polar surface area (TPSA) is 21.3 Å². The highest BCUT2D eigenvalue weighted by Gasteiger charge is 2.08. The fourth-order valence-corrected chi connectivity index (χ4v) is 2.44. The summed E-state index contributed by atoms with van der Waals surface area (Å²) in [5.74, 6) is 0.929. The molecule has 108 valence electrons. The Morgan fingerprint density at radius 2 is 1.63 bits per heavy atom. The van der Waals surface area contributed by atoms with E-state index >= 15 is 0 Å². The molecule has 0 aliphatic rings. The molecule has 0 aliphatic heterocycles. The molecule has 0 aliphatic carbocycles. The molecule has 2 heteroatoms. The summed E-state index contributed by atoms with van der Waals surface area (Å²) in [6, 6.07) is 8.88. The molecule has 0 spiro atoms. The average molecular weight is 263 g/mol. The lowest BCUT2D eigenvalue weighted by Crippen LogP contribution is -2.16. The standard InChI is InChI=1S/C17H29NO/c1-4-5-6-7-8-9-10-17(18-2)15-11-13-16(19-3)14-12-15/h11-14,17-18H,4-10H2,1-3H3. The SMILES string of the molecule is CCCCCCCCC(NC)c1ccc(OC)cc1. The van der Waals surface area contributed by atoms with Crippen LogP contribution in [0.2, 0.25) is 0 Å². The Labute approximate surface area is 118 Å². The van der Waals surface area contributed by atoms with Crippen molar-refractivity contribution in [1.82, 2.24) is 5.32 Å². The third-order valence-electron chi connectivity index (χ3n) is 3.71. The minimum absolute atomic E-state index is 0.470. The zero-order chi connectivity index (χ0) is 13.9. The van der Waals surface area contributed by atoms with E-state index in [1.165, 1.54) is 50.5 Å². The monoisotopic (exact) mass is 263 g/mol. The first kappa shape index (κ1) is 16.0. The van der Waals surface area contributed by atoms with Crippen molar-refractivity contribution in [3.63, 3.8) is 0 Å². The molecule has 0 saturated heterocycles. The van der Waals surface area contributed by atoms with Crippen LogP contribution in [-0.4, -0.2) is 14.2 Å². The number of nitrogens with one attached hydrogen (secondary N) is 1. The molecule has 1 atom stereocenters. The highest BCUT2D eigenvalue weighted by atomic mass is 16.5. The first-order valence-electron chi connectivity index (χ1n) is 7.63. The minimum Gasteiger partial charge on any atom is -0.497 e. The van der Waals surface area contributed by atoms with Crippen LogP contribution in [0, 0.1) is 0 Å². The van der Waals surface area contributed by atoms with E-state index in [-0.39, 0.29) is 0 Å². The summed E-state index contributed by atoms with van der Waals surface area (Å²) >= 11 is 0. The Morgan fingerprint density at radius 1 is 1.00 bits per heavy atom. The summed E-state index contributed by atoms with van der Waals surface area (Å²) in [7, 11) is 3.76. The molecule has 1 unspecified atom stereocenters. The van der Waals surface area contributed by atoms with Crippen molar-refractivity contribution in [2.45, 2.75) is 57.9 Å². The predicted molar refractivity (Wildman–Crippen MR) is 82.8 cm³/mol. The van der Waals surface area contributed by atoms with Gasteiger partial charge in [0.05, 0.1) is 7.11 Å². The van der Waals surface area contributed by atoms with Crippen molar-refractivity contribution in [2.24, 2.45) is 0 Å². The van der Waals surface area contributed by atoms with Crippen molar-refractivity contribution in [2.75, 3.05) is 14.2 Å². The Kier molecular flexibility index (Phi) is 8.31. The van der Waals surface area contributed by atoms with Gasteiger partial charge in [0.15, 0.2) is 0 Å². The Hall–Kier alpha value is -1.02. The van der Waals surface area contributed by atoms with Crippen molar-refractivity contribution in [3.05, 3.63) is 29.8 Å². The molecule has 2 nitrogen and oxygen atoms in total. The molecule has 0 bridgehead atoms.